The van der Waals surface area contributed by atoms with Gasteiger partial charge in [0.2, 0.25) is 0 Å². The molecule has 0 bridgehead atoms. The van der Waals surface area contributed by atoms with Gasteiger partial charge in [0.05, 0.1) is 29.3 Å². The highest BCUT2D eigenvalue weighted by atomic mass is 16.6. The van der Waals surface area contributed by atoms with E-state index < -0.39 is 28.9 Å². The lowest BCUT2D eigenvalue weighted by molar-refractivity contribution is -0.384. The van der Waals surface area contributed by atoms with E-state index >= 15 is 0 Å². The number of methoxy groups -OCH3 is 1. The fourth-order valence-corrected chi connectivity index (χ4v) is 2.98. The number of nitro groups is 1. The lowest BCUT2D eigenvalue weighted by atomic mass is 9.89. The standard InChI is InChI=1S/C21H21NO8/c1-11(2)29-21(25)17-12(3)10-16(30-13(4)23)19(20(24)28-5)18(17)14-8-6-7-9-15(14)22(26)27/h6-11H,1-5H3. The number of nitro benzene ring substituents is 1. The fourth-order valence-electron chi connectivity index (χ4n) is 2.98. The van der Waals surface area contributed by atoms with Crippen LogP contribution in [0, 0.1) is 17.0 Å². The molecule has 0 unspecified atom stereocenters. The van der Waals surface area contributed by atoms with Crippen molar-refractivity contribution in [1.82, 2.24) is 0 Å². The van der Waals surface area contributed by atoms with Crippen LogP contribution in [0.2, 0.25) is 0 Å². The molecule has 30 heavy (non-hydrogen) atoms. The molecule has 2 rings (SSSR count). The van der Waals surface area contributed by atoms with Gasteiger partial charge in [-0.1, -0.05) is 12.1 Å². The van der Waals surface area contributed by atoms with E-state index in [-0.39, 0.29) is 33.7 Å². The van der Waals surface area contributed by atoms with Crippen molar-refractivity contribution in [3.63, 3.8) is 0 Å². The summed E-state index contributed by atoms with van der Waals surface area (Å²) in [6.45, 7) is 5.98. The maximum Gasteiger partial charge on any atom is 0.342 e. The first-order chi connectivity index (χ1) is 14.1. The molecule has 0 aliphatic heterocycles. The first-order valence-corrected chi connectivity index (χ1v) is 8.97. The smallest absolute Gasteiger partial charge is 0.342 e. The molecule has 0 amide bonds. The second-order valence-electron chi connectivity index (χ2n) is 6.63. The molecular weight excluding hydrogens is 394 g/mol. The van der Waals surface area contributed by atoms with E-state index in [1.807, 2.05) is 0 Å². The first kappa shape index (κ1) is 22.5. The SMILES string of the molecule is COC(=O)c1c(OC(C)=O)cc(C)c(C(=O)OC(C)C)c1-c1ccccc1[N+](=O)[O-]. The quantitative estimate of drug-likeness (QED) is 0.302. The summed E-state index contributed by atoms with van der Waals surface area (Å²) in [5, 5.41) is 11.6. The van der Waals surface area contributed by atoms with Crippen molar-refractivity contribution >= 4 is 23.6 Å². The fraction of sp³-hybridized carbons (Fsp3) is 0.286. The Hall–Kier alpha value is -3.75. The first-order valence-electron chi connectivity index (χ1n) is 8.97. The number of esters is 3. The van der Waals surface area contributed by atoms with E-state index in [0.29, 0.717) is 5.56 Å². The van der Waals surface area contributed by atoms with Gasteiger partial charge in [0, 0.05) is 18.6 Å². The van der Waals surface area contributed by atoms with E-state index in [1.165, 1.54) is 30.3 Å². The van der Waals surface area contributed by atoms with Crippen LogP contribution in [-0.2, 0) is 14.3 Å². The minimum atomic E-state index is -0.932. The normalized spacial score (nSPS) is 10.5. The van der Waals surface area contributed by atoms with Crippen LogP contribution in [0.3, 0.4) is 0 Å². The van der Waals surface area contributed by atoms with Crippen molar-refractivity contribution in [3.8, 4) is 16.9 Å². The summed E-state index contributed by atoms with van der Waals surface area (Å²) in [5.74, 6) is -2.61. The predicted molar refractivity (Wildman–Crippen MR) is 106 cm³/mol. The summed E-state index contributed by atoms with van der Waals surface area (Å²) in [5.41, 5.74) is -0.511. The molecule has 0 aliphatic carbocycles. The van der Waals surface area contributed by atoms with Crippen LogP contribution in [0.15, 0.2) is 30.3 Å². The highest BCUT2D eigenvalue weighted by Crippen LogP contribution is 2.41. The summed E-state index contributed by atoms with van der Waals surface area (Å²) in [7, 11) is 1.11. The molecule has 158 valence electrons. The predicted octanol–water partition coefficient (Wildman–Crippen LogP) is 3.85. The monoisotopic (exact) mass is 415 g/mol. The van der Waals surface area contributed by atoms with Gasteiger partial charge in [0.25, 0.3) is 5.69 Å². The lowest BCUT2D eigenvalue weighted by Gasteiger charge is -2.19. The minimum Gasteiger partial charge on any atom is -0.465 e. The van der Waals surface area contributed by atoms with Crippen molar-refractivity contribution in [1.29, 1.82) is 0 Å². The maximum atomic E-state index is 12.9. The molecule has 2 aromatic carbocycles. The Bertz CT molecular complexity index is 1030. The third-order valence-electron chi connectivity index (χ3n) is 4.05. The molecule has 0 N–H and O–H groups in total. The zero-order chi connectivity index (χ0) is 22.6. The molecule has 0 spiro atoms. The highest BCUT2D eigenvalue weighted by Gasteiger charge is 2.32. The van der Waals surface area contributed by atoms with Crippen molar-refractivity contribution in [3.05, 3.63) is 57.1 Å². The second kappa shape index (κ2) is 9.17. The molecule has 9 nitrogen and oxygen atoms in total. The number of para-hydroxylation sites is 1. The van der Waals surface area contributed by atoms with Crippen LogP contribution >= 0.6 is 0 Å². The Kier molecular flexibility index (Phi) is 6.89. The number of hydrogen-bond acceptors (Lipinski definition) is 8. The minimum absolute atomic E-state index is 0.0179. The van der Waals surface area contributed by atoms with E-state index in [9.17, 15) is 24.5 Å². The van der Waals surface area contributed by atoms with E-state index in [1.54, 1.807) is 20.8 Å². The molecule has 0 heterocycles. The van der Waals surface area contributed by atoms with Crippen LogP contribution in [0.4, 0.5) is 5.69 Å². The van der Waals surface area contributed by atoms with E-state index in [4.69, 9.17) is 14.2 Å². The Morgan fingerprint density at radius 2 is 1.70 bits per heavy atom. The molecule has 0 fully saturated rings. The topological polar surface area (TPSA) is 122 Å². The average molecular weight is 415 g/mol. The molecule has 0 aromatic heterocycles. The van der Waals surface area contributed by atoms with Crippen LogP contribution in [-0.4, -0.2) is 36.0 Å². The Morgan fingerprint density at radius 1 is 1.07 bits per heavy atom. The van der Waals surface area contributed by atoms with Crippen LogP contribution < -0.4 is 4.74 Å². The van der Waals surface area contributed by atoms with Gasteiger partial charge in [-0.05, 0) is 38.5 Å². The third kappa shape index (κ3) is 4.62. The zero-order valence-electron chi connectivity index (χ0n) is 17.2. The van der Waals surface area contributed by atoms with E-state index in [0.717, 1.165) is 14.0 Å². The number of carbonyl (C=O) groups excluding carboxylic acids is 3. The Morgan fingerprint density at radius 3 is 2.23 bits per heavy atom. The Labute approximate surface area is 172 Å². The third-order valence-corrected chi connectivity index (χ3v) is 4.05. The molecule has 0 saturated carbocycles. The molecule has 0 radical (unpaired) electrons. The number of rotatable bonds is 6. The van der Waals surface area contributed by atoms with Gasteiger partial charge in [-0.15, -0.1) is 0 Å². The number of aryl methyl sites for hydroxylation is 1. The second-order valence-corrected chi connectivity index (χ2v) is 6.63. The van der Waals surface area contributed by atoms with Gasteiger partial charge < -0.3 is 14.2 Å². The van der Waals surface area contributed by atoms with Crippen molar-refractivity contribution in [2.24, 2.45) is 0 Å². The Balaban J connectivity index is 3.05. The van der Waals surface area contributed by atoms with Gasteiger partial charge >= 0.3 is 17.9 Å². The average Bonchev–Trinajstić information content (AvgIpc) is 2.65. The van der Waals surface area contributed by atoms with Crippen molar-refractivity contribution in [2.45, 2.75) is 33.8 Å². The van der Waals surface area contributed by atoms with Crippen molar-refractivity contribution < 1.29 is 33.5 Å². The van der Waals surface area contributed by atoms with Gasteiger partial charge in [0.15, 0.2) is 0 Å². The summed E-state index contributed by atoms with van der Waals surface area (Å²) in [6, 6.07) is 6.93. The molecular formula is C21H21NO8. The summed E-state index contributed by atoms with van der Waals surface area (Å²) in [4.78, 5) is 48.2. The largest absolute Gasteiger partial charge is 0.465 e. The van der Waals surface area contributed by atoms with Crippen LogP contribution in [0.5, 0.6) is 5.75 Å². The highest BCUT2D eigenvalue weighted by molar-refractivity contribution is 6.10. The van der Waals surface area contributed by atoms with Gasteiger partial charge in [-0.25, -0.2) is 9.59 Å². The van der Waals surface area contributed by atoms with E-state index in [2.05, 4.69) is 0 Å². The molecule has 0 atom stereocenters. The molecule has 2 aromatic rings. The van der Waals surface area contributed by atoms with Gasteiger partial charge in [0.1, 0.15) is 11.3 Å². The number of carbonyl (C=O) groups is 3. The summed E-state index contributed by atoms with van der Waals surface area (Å²) < 4.78 is 15.3. The summed E-state index contributed by atoms with van der Waals surface area (Å²) in [6.07, 6.45) is -0.481. The molecule has 0 saturated heterocycles. The van der Waals surface area contributed by atoms with Gasteiger partial charge in [-0.3, -0.25) is 14.9 Å². The molecule has 9 heteroatoms. The lowest BCUT2D eigenvalue weighted by Crippen LogP contribution is -2.18. The summed E-state index contributed by atoms with van der Waals surface area (Å²) >= 11 is 0. The van der Waals surface area contributed by atoms with Crippen LogP contribution in [0.1, 0.15) is 47.1 Å². The number of ether oxygens (including phenoxy) is 3. The zero-order valence-corrected chi connectivity index (χ0v) is 17.2. The number of hydrogen-bond donors (Lipinski definition) is 0. The molecule has 0 aliphatic rings. The number of benzene rings is 2. The van der Waals surface area contributed by atoms with Gasteiger partial charge in [-0.2, -0.15) is 0 Å². The maximum absolute atomic E-state index is 12.9. The van der Waals surface area contributed by atoms with Crippen LogP contribution in [0.25, 0.3) is 11.1 Å². The van der Waals surface area contributed by atoms with Crippen molar-refractivity contribution in [2.75, 3.05) is 7.11 Å². The number of nitrogens with zero attached hydrogens (tertiary/aromatic N) is 1.